The summed E-state index contributed by atoms with van der Waals surface area (Å²) in [6.45, 7) is 6.90. The fourth-order valence-corrected chi connectivity index (χ4v) is 10.1. The number of carbonyl (C=O) groups excluding carboxylic acids is 2. The molecule has 1 atom stereocenters. The van der Waals surface area contributed by atoms with Gasteiger partial charge in [-0.3, -0.25) is 14.3 Å². The van der Waals surface area contributed by atoms with E-state index in [2.05, 4.69) is 71.5 Å². The van der Waals surface area contributed by atoms with Crippen molar-refractivity contribution >= 4 is 74.6 Å². The van der Waals surface area contributed by atoms with Crippen molar-refractivity contribution in [2.75, 3.05) is 61.0 Å². The van der Waals surface area contributed by atoms with Gasteiger partial charge in [0.15, 0.2) is 11.6 Å². The number of hydrogen-bond acceptors (Lipinski definition) is 13. The monoisotopic (exact) mass is 1020 g/mol. The first-order valence-corrected chi connectivity index (χ1v) is 26.4. The van der Waals surface area contributed by atoms with Crippen molar-refractivity contribution < 1.29 is 13.8 Å². The zero-order chi connectivity index (χ0) is 51.1. The molecule has 0 saturated carbocycles. The van der Waals surface area contributed by atoms with Gasteiger partial charge in [-0.15, -0.1) is 0 Å². The third kappa shape index (κ3) is 13.0. The molecule has 0 aliphatic carbocycles. The average Bonchev–Trinajstić information content (AvgIpc) is 3.46. The molecule has 9 aromatic rings. The van der Waals surface area contributed by atoms with Crippen LogP contribution in [0.4, 0.5) is 17.3 Å². The predicted octanol–water partition coefficient (Wildman–Crippen LogP) is 9.15. The summed E-state index contributed by atoms with van der Waals surface area (Å²) in [4.78, 5) is 61.3. The molecule has 2 amide bonds. The van der Waals surface area contributed by atoms with E-state index in [1.807, 2.05) is 143 Å². The molecule has 4 aromatic heterocycles. The van der Waals surface area contributed by atoms with Gasteiger partial charge in [0.05, 0.1) is 33.9 Å². The summed E-state index contributed by atoms with van der Waals surface area (Å²) < 4.78 is 19.4. The molecular formula is C57H56N12O3S2. The Morgan fingerprint density at radius 3 is 1.99 bits per heavy atom. The van der Waals surface area contributed by atoms with Crippen LogP contribution in [0.2, 0.25) is 0 Å². The average molecular weight is 1020 g/mol. The number of amides is 2. The van der Waals surface area contributed by atoms with E-state index in [1.165, 1.54) is 5.56 Å². The van der Waals surface area contributed by atoms with E-state index in [-0.39, 0.29) is 12.5 Å². The molecule has 5 aromatic carbocycles. The van der Waals surface area contributed by atoms with Gasteiger partial charge in [-0.1, -0.05) is 110 Å². The molecule has 1 fully saturated rings. The molecule has 5 heterocycles. The van der Waals surface area contributed by atoms with Crippen molar-refractivity contribution in [2.45, 2.75) is 36.2 Å². The molecule has 2 N–H and O–H groups in total. The number of anilines is 3. The molecule has 74 heavy (non-hydrogen) atoms. The Kier molecular flexibility index (Phi) is 17.3. The number of aromatic nitrogens is 6. The molecule has 17 heteroatoms. The summed E-state index contributed by atoms with van der Waals surface area (Å²) in [5, 5.41) is 0. The molecule has 0 radical (unpaired) electrons. The lowest BCUT2D eigenvalue weighted by Gasteiger charge is -2.35. The van der Waals surface area contributed by atoms with Gasteiger partial charge in [0.25, 0.3) is 0 Å². The highest BCUT2D eigenvalue weighted by Gasteiger charge is 2.27. The van der Waals surface area contributed by atoms with Crippen LogP contribution >= 0.6 is 11.9 Å². The zero-order valence-corrected chi connectivity index (χ0v) is 42.8. The van der Waals surface area contributed by atoms with E-state index in [9.17, 15) is 13.8 Å². The Bertz CT molecular complexity index is 3340. The second-order valence-electron chi connectivity index (χ2n) is 17.4. The second-order valence-corrected chi connectivity index (χ2v) is 19.7. The van der Waals surface area contributed by atoms with Crippen LogP contribution in [0.1, 0.15) is 24.5 Å². The smallest absolute Gasteiger partial charge is 0.246 e. The number of para-hydroxylation sites is 1. The van der Waals surface area contributed by atoms with Crippen LogP contribution in [0, 0.1) is 0 Å². The number of hydrogen-bond donors (Lipinski definition) is 2. The number of rotatable bonds is 19. The Morgan fingerprint density at radius 1 is 0.662 bits per heavy atom. The Labute approximate surface area is 437 Å². The first-order valence-electron chi connectivity index (χ1n) is 24.4. The van der Waals surface area contributed by atoms with Crippen LogP contribution in [0.15, 0.2) is 186 Å². The highest BCUT2D eigenvalue weighted by atomic mass is 32.2. The van der Waals surface area contributed by atoms with Crippen molar-refractivity contribution in [2.24, 2.45) is 0 Å². The molecule has 0 bridgehead atoms. The lowest BCUT2D eigenvalue weighted by Crippen LogP contribution is -2.51. The minimum absolute atomic E-state index is 0.0399. The minimum atomic E-state index is -1.36. The van der Waals surface area contributed by atoms with Gasteiger partial charge in [0, 0.05) is 74.6 Å². The summed E-state index contributed by atoms with van der Waals surface area (Å²) in [6, 6.07) is 53.7. The molecule has 10 rings (SSSR count). The normalized spacial score (nSPS) is 12.8. The van der Waals surface area contributed by atoms with Gasteiger partial charge >= 0.3 is 0 Å². The Balaban J connectivity index is 0.000000182. The lowest BCUT2D eigenvalue weighted by molar-refractivity contribution is -0.118. The molecule has 0 spiro atoms. The molecule has 1 saturated heterocycles. The maximum Gasteiger partial charge on any atom is 0.246 e. The highest BCUT2D eigenvalue weighted by molar-refractivity contribution is 7.97. The number of carbonyl (C=O) groups is 2. The van der Waals surface area contributed by atoms with Crippen LogP contribution in [0.3, 0.4) is 0 Å². The van der Waals surface area contributed by atoms with Crippen LogP contribution < -0.4 is 24.1 Å². The van der Waals surface area contributed by atoms with E-state index < -0.39 is 11.0 Å². The fraction of sp³-hybridized carbons (Fsp3) is 0.193. The maximum atomic E-state index is 13.0. The molecular weight excluding hydrogens is 965 g/mol. The number of pyridine rings is 2. The van der Waals surface area contributed by atoms with E-state index in [1.54, 1.807) is 36.6 Å². The molecule has 1 unspecified atom stereocenters. The Morgan fingerprint density at radius 2 is 1.30 bits per heavy atom. The molecule has 374 valence electrons. The summed E-state index contributed by atoms with van der Waals surface area (Å²) in [6.07, 6.45) is 4.85. The van der Waals surface area contributed by atoms with Gasteiger partial charge in [0.2, 0.25) is 12.3 Å². The van der Waals surface area contributed by atoms with Crippen LogP contribution in [-0.2, 0) is 33.7 Å². The Hall–Kier alpha value is -7.96. The predicted molar refractivity (Wildman–Crippen MR) is 297 cm³/mol. The van der Waals surface area contributed by atoms with Crippen LogP contribution in [0.25, 0.3) is 44.6 Å². The van der Waals surface area contributed by atoms with E-state index in [0.717, 1.165) is 81.4 Å². The number of nitrogens with zero attached hydrogens (tertiary/aromatic N) is 10. The largest absolute Gasteiger partial charge is 0.353 e. The summed E-state index contributed by atoms with van der Waals surface area (Å²) in [5.74, 6) is 1.47. The lowest BCUT2D eigenvalue weighted by atomic mass is 10.1. The first-order chi connectivity index (χ1) is 36.3. The second kappa shape index (κ2) is 25.1. The number of likely N-dealkylation sites (N-methyl/N-ethyl adjacent to an activating group) is 1. The van der Waals surface area contributed by atoms with Crippen molar-refractivity contribution in [3.63, 3.8) is 0 Å². The molecule has 15 nitrogen and oxygen atoms in total. The van der Waals surface area contributed by atoms with Crippen LogP contribution in [0.5, 0.6) is 0 Å². The number of benzene rings is 5. The topological polar surface area (TPSA) is 166 Å². The third-order valence-corrected chi connectivity index (χ3v) is 14.1. The minimum Gasteiger partial charge on any atom is -0.353 e. The number of nitrogens with one attached hydrogen (secondary N) is 2. The van der Waals surface area contributed by atoms with Crippen molar-refractivity contribution in [3.05, 3.63) is 188 Å². The van der Waals surface area contributed by atoms with Gasteiger partial charge in [-0.05, 0) is 90.2 Å². The highest BCUT2D eigenvalue weighted by Crippen LogP contribution is 2.30. The first kappa shape index (κ1) is 51.0. The maximum absolute atomic E-state index is 13.0. The van der Waals surface area contributed by atoms with Crippen molar-refractivity contribution in [3.8, 4) is 22.5 Å². The van der Waals surface area contributed by atoms with Crippen molar-refractivity contribution in [1.82, 2.24) is 44.2 Å². The quantitative estimate of drug-likeness (QED) is 0.0583. The third-order valence-electron chi connectivity index (χ3n) is 12.2. The number of piperazine rings is 1. The van der Waals surface area contributed by atoms with Gasteiger partial charge in [-0.25, -0.2) is 38.8 Å². The standard InChI is InChI=1S/C30H26N6OS.C27H30N6O2S/c37-28-20-35(16-17-36(28)24-11-5-2-6-12-24)30-29-27(31-21-32-30)15-14-26(34-29)23-10-7-13-25(18-23)38-33-19-22-8-3-1-4-9-22;1-3-14-33(16-15-32(2)20-34)27-26-25(28-19-29-27)13-12-24(31-26)22-10-7-11-23(17-22)36(35)30-18-21-8-5-4-6-9-21/h1-15,18,21,33H,16-17,19-20H2;4-13,17,19-20,30H,3,14-16,18H2,1-2H3. The van der Waals surface area contributed by atoms with E-state index >= 15 is 0 Å². The summed E-state index contributed by atoms with van der Waals surface area (Å²) >= 11 is 1.60. The molecule has 1 aliphatic heterocycles. The van der Waals surface area contributed by atoms with E-state index in [4.69, 9.17) is 9.97 Å². The van der Waals surface area contributed by atoms with Gasteiger partial charge in [-0.2, -0.15) is 0 Å². The summed E-state index contributed by atoms with van der Waals surface area (Å²) in [7, 11) is 0.400. The molecule has 1 aliphatic rings. The summed E-state index contributed by atoms with van der Waals surface area (Å²) in [5.41, 5.74) is 9.60. The number of fused-ring (bicyclic) bond motifs is 2. The van der Waals surface area contributed by atoms with Gasteiger partial charge < -0.3 is 19.6 Å². The van der Waals surface area contributed by atoms with Crippen LogP contribution in [-0.4, -0.2) is 97.6 Å². The zero-order valence-electron chi connectivity index (χ0n) is 41.2. The van der Waals surface area contributed by atoms with Crippen molar-refractivity contribution in [1.29, 1.82) is 0 Å². The van der Waals surface area contributed by atoms with Gasteiger partial charge in [0.1, 0.15) is 34.7 Å². The fourth-order valence-electron chi connectivity index (χ4n) is 8.42. The van der Waals surface area contributed by atoms with E-state index in [0.29, 0.717) is 54.5 Å². The SMILES string of the molecule is CCCN(CCN(C)C=O)c1ncnc2ccc(-c3cccc(S(=O)NCc4ccccc4)c3)nc12.O=C1CN(c2ncnc3ccc(-c4cccc(SNCc5ccccc5)c4)nc23)CCN1c1ccccc1.